The van der Waals surface area contributed by atoms with E-state index in [1.807, 2.05) is 46.9 Å². The summed E-state index contributed by atoms with van der Waals surface area (Å²) in [5, 5.41) is 5.04. The smallest absolute Gasteiger partial charge is 0.165 e. The third-order valence-electron chi connectivity index (χ3n) is 10.6. The van der Waals surface area contributed by atoms with E-state index in [0.29, 0.717) is 17.5 Å². The van der Waals surface area contributed by atoms with Crippen LogP contribution in [0.5, 0.6) is 0 Å². The number of rotatable bonds is 6. The molecule has 0 bridgehead atoms. The zero-order valence-electron chi connectivity index (χ0n) is 30.1. The fraction of sp³-hybridized carbons (Fsp3) is 0. The van der Waals surface area contributed by atoms with Gasteiger partial charge in [-0.2, -0.15) is 0 Å². The molecule has 3 aromatic heterocycles. The normalized spacial score (nSPS) is 11.6. The number of thiophene rings is 2. The van der Waals surface area contributed by atoms with Crippen molar-refractivity contribution in [3.63, 3.8) is 0 Å². The highest BCUT2D eigenvalue weighted by molar-refractivity contribution is 7.27. The second-order valence-corrected chi connectivity index (χ2v) is 16.0. The fourth-order valence-electron chi connectivity index (χ4n) is 7.92. The number of hydrogen-bond donors (Lipinski definition) is 0. The molecule has 262 valence electrons. The van der Waals surface area contributed by atoms with Crippen LogP contribution in [0, 0.1) is 0 Å². The summed E-state index contributed by atoms with van der Waals surface area (Å²) < 4.78 is 5.03. The Morgan fingerprint density at radius 1 is 0.286 bits per heavy atom. The predicted molar refractivity (Wildman–Crippen MR) is 238 cm³/mol. The van der Waals surface area contributed by atoms with Crippen LogP contribution in [-0.2, 0) is 0 Å². The minimum Gasteiger partial charge on any atom is -0.208 e. The number of hydrogen-bond acceptors (Lipinski definition) is 5. The first-order valence-electron chi connectivity index (χ1n) is 18.7. The van der Waals surface area contributed by atoms with Gasteiger partial charge in [0, 0.05) is 62.6 Å². The van der Waals surface area contributed by atoms with Crippen LogP contribution in [0.3, 0.4) is 0 Å². The first kappa shape index (κ1) is 32.6. The molecule has 8 aromatic carbocycles. The first-order chi connectivity index (χ1) is 27.8. The largest absolute Gasteiger partial charge is 0.208 e. The van der Waals surface area contributed by atoms with E-state index in [1.165, 1.54) is 57.9 Å². The van der Waals surface area contributed by atoms with Crippen molar-refractivity contribution >= 4 is 63.0 Å². The van der Waals surface area contributed by atoms with Gasteiger partial charge < -0.3 is 0 Å². The maximum atomic E-state index is 5.23. The summed E-state index contributed by atoms with van der Waals surface area (Å²) in [6, 6.07) is 66.6. The highest BCUT2D eigenvalue weighted by Crippen LogP contribution is 2.49. The van der Waals surface area contributed by atoms with Crippen molar-refractivity contribution < 1.29 is 0 Å². The number of benzene rings is 8. The molecule has 0 atom stereocenters. The van der Waals surface area contributed by atoms with Gasteiger partial charge in [0.1, 0.15) is 0 Å². The summed E-state index contributed by atoms with van der Waals surface area (Å²) in [7, 11) is 0. The van der Waals surface area contributed by atoms with Crippen molar-refractivity contribution in [3.05, 3.63) is 188 Å². The SMILES string of the molecule is c1ccc(-c2cccc(-c3nc(-c4ccccc4)nc(-c4cccc5c4sc4c(-c6ccc(-c7ccccc7)c7sc8ccccc8c67)cccc45)n3)c2)cc1. The van der Waals surface area contributed by atoms with Crippen LogP contribution in [0.15, 0.2) is 188 Å². The Hall–Kier alpha value is -6.79. The Morgan fingerprint density at radius 2 is 0.804 bits per heavy atom. The average Bonchev–Trinajstić information content (AvgIpc) is 3.86. The van der Waals surface area contributed by atoms with Gasteiger partial charge in [-0.05, 0) is 46.0 Å². The third-order valence-corrected chi connectivity index (χ3v) is 13.1. The summed E-state index contributed by atoms with van der Waals surface area (Å²) in [6.45, 7) is 0. The van der Waals surface area contributed by atoms with E-state index in [-0.39, 0.29) is 0 Å². The molecule has 0 fully saturated rings. The summed E-state index contributed by atoms with van der Waals surface area (Å²) >= 11 is 3.71. The van der Waals surface area contributed by atoms with Gasteiger partial charge in [-0.25, -0.2) is 15.0 Å². The molecule has 11 rings (SSSR count). The molecule has 5 heteroatoms. The minimum absolute atomic E-state index is 0.649. The second kappa shape index (κ2) is 13.5. The Bertz CT molecular complexity index is 3240. The van der Waals surface area contributed by atoms with Crippen LogP contribution in [0.1, 0.15) is 0 Å². The second-order valence-electron chi connectivity index (χ2n) is 13.9. The van der Waals surface area contributed by atoms with Gasteiger partial charge in [0.2, 0.25) is 0 Å². The van der Waals surface area contributed by atoms with Crippen LogP contribution < -0.4 is 0 Å². The first-order valence-corrected chi connectivity index (χ1v) is 20.3. The lowest BCUT2D eigenvalue weighted by atomic mass is 9.94. The van der Waals surface area contributed by atoms with Crippen LogP contribution >= 0.6 is 22.7 Å². The standard InChI is InChI=1S/C51H31N3S2/c1-4-15-32(16-5-1)35-21-12-22-36(31-35)50-52-49(34-19-8-3-9-20-34)53-51(54-50)43-27-14-26-41-40-25-13-24-39(46(40)56-47(41)43)38-30-29-37(33-17-6-2-7-18-33)48-45(38)42-23-10-11-28-44(42)55-48/h1-31H. The van der Waals surface area contributed by atoms with E-state index in [1.54, 1.807) is 0 Å². The number of nitrogens with zero attached hydrogens (tertiary/aromatic N) is 3. The van der Waals surface area contributed by atoms with Gasteiger partial charge in [0.25, 0.3) is 0 Å². The molecule has 0 aliphatic heterocycles. The molecule has 3 nitrogen and oxygen atoms in total. The molecule has 0 saturated carbocycles. The molecule has 0 saturated heterocycles. The molecule has 0 radical (unpaired) electrons. The lowest BCUT2D eigenvalue weighted by Crippen LogP contribution is -2.00. The fourth-order valence-corrected chi connectivity index (χ4v) is 10.5. The van der Waals surface area contributed by atoms with Gasteiger partial charge in [0.05, 0.1) is 0 Å². The van der Waals surface area contributed by atoms with E-state index in [4.69, 9.17) is 15.0 Å². The van der Waals surface area contributed by atoms with Crippen molar-refractivity contribution in [2.75, 3.05) is 0 Å². The topological polar surface area (TPSA) is 38.7 Å². The summed E-state index contributed by atoms with van der Waals surface area (Å²) in [4.78, 5) is 15.5. The molecule has 0 spiro atoms. The van der Waals surface area contributed by atoms with E-state index in [9.17, 15) is 0 Å². The minimum atomic E-state index is 0.649. The zero-order valence-corrected chi connectivity index (χ0v) is 31.7. The van der Waals surface area contributed by atoms with E-state index < -0.39 is 0 Å². The molecular formula is C51H31N3S2. The van der Waals surface area contributed by atoms with Gasteiger partial charge >= 0.3 is 0 Å². The van der Waals surface area contributed by atoms with Gasteiger partial charge in [-0.15, -0.1) is 22.7 Å². The third kappa shape index (κ3) is 5.51. The summed E-state index contributed by atoms with van der Waals surface area (Å²) in [5.41, 5.74) is 10.2. The molecule has 0 aliphatic rings. The molecule has 0 unspecified atom stereocenters. The van der Waals surface area contributed by atoms with Crippen LogP contribution in [0.2, 0.25) is 0 Å². The number of aromatic nitrogens is 3. The highest BCUT2D eigenvalue weighted by atomic mass is 32.1. The molecular weight excluding hydrogens is 719 g/mol. The van der Waals surface area contributed by atoms with Crippen molar-refractivity contribution in [1.29, 1.82) is 0 Å². The molecule has 56 heavy (non-hydrogen) atoms. The molecule has 0 aliphatic carbocycles. The maximum absolute atomic E-state index is 5.23. The van der Waals surface area contributed by atoms with E-state index >= 15 is 0 Å². The molecule has 0 amide bonds. The Labute approximate surface area is 331 Å². The molecule has 11 aromatic rings. The molecule has 3 heterocycles. The van der Waals surface area contributed by atoms with E-state index in [2.05, 4.69) is 164 Å². The van der Waals surface area contributed by atoms with Crippen molar-refractivity contribution in [1.82, 2.24) is 15.0 Å². The maximum Gasteiger partial charge on any atom is 0.165 e. The average molecular weight is 750 g/mol. The summed E-state index contributed by atoms with van der Waals surface area (Å²) in [5.74, 6) is 1.96. The summed E-state index contributed by atoms with van der Waals surface area (Å²) in [6.07, 6.45) is 0. The van der Waals surface area contributed by atoms with Crippen molar-refractivity contribution in [2.24, 2.45) is 0 Å². The lowest BCUT2D eigenvalue weighted by Gasteiger charge is -2.10. The number of fused-ring (bicyclic) bond motifs is 6. The monoisotopic (exact) mass is 749 g/mol. The van der Waals surface area contributed by atoms with Crippen molar-refractivity contribution in [2.45, 2.75) is 0 Å². The lowest BCUT2D eigenvalue weighted by molar-refractivity contribution is 1.08. The predicted octanol–water partition coefficient (Wildman–Crippen LogP) is 14.6. The zero-order chi connectivity index (χ0) is 37.0. The van der Waals surface area contributed by atoms with Gasteiger partial charge in [-0.1, -0.05) is 170 Å². The quantitative estimate of drug-likeness (QED) is 0.170. The van der Waals surface area contributed by atoms with Crippen LogP contribution in [0.4, 0.5) is 0 Å². The van der Waals surface area contributed by atoms with Crippen LogP contribution in [-0.4, -0.2) is 15.0 Å². The Kier molecular flexibility index (Phi) is 7.87. The van der Waals surface area contributed by atoms with Crippen LogP contribution in [0.25, 0.3) is 108 Å². The molecule has 0 N–H and O–H groups in total. The van der Waals surface area contributed by atoms with Crippen molar-refractivity contribution in [3.8, 4) is 67.5 Å². The van der Waals surface area contributed by atoms with E-state index in [0.717, 1.165) is 32.5 Å². The van der Waals surface area contributed by atoms with Gasteiger partial charge in [0.15, 0.2) is 17.5 Å². The Balaban J connectivity index is 1.12. The Morgan fingerprint density at radius 3 is 1.55 bits per heavy atom. The highest BCUT2D eigenvalue weighted by Gasteiger charge is 2.21. The van der Waals surface area contributed by atoms with Gasteiger partial charge in [-0.3, -0.25) is 0 Å².